The van der Waals surface area contributed by atoms with Gasteiger partial charge in [0.1, 0.15) is 11.4 Å². The van der Waals surface area contributed by atoms with Crippen molar-refractivity contribution in [2.24, 2.45) is 5.92 Å². The molecule has 1 aliphatic rings. The summed E-state index contributed by atoms with van der Waals surface area (Å²) in [7, 11) is 0. The van der Waals surface area contributed by atoms with Crippen LogP contribution >= 0.6 is 0 Å². The molecular weight excluding hydrogens is 314 g/mol. The highest BCUT2D eigenvalue weighted by Crippen LogP contribution is 2.36. The summed E-state index contributed by atoms with van der Waals surface area (Å²) in [4.78, 5) is 13.0. The number of carbonyl (C=O) groups excluding carboxylic acids is 1. The minimum absolute atomic E-state index is 0.00727. The molecule has 0 bridgehead atoms. The van der Waals surface area contributed by atoms with Crippen molar-refractivity contribution in [2.75, 3.05) is 18.5 Å². The molecule has 1 saturated carbocycles. The number of amides is 1. The molecule has 1 aliphatic carbocycles. The zero-order valence-corrected chi connectivity index (χ0v) is 16.0. The van der Waals surface area contributed by atoms with E-state index < -0.39 is 5.60 Å². The minimum Gasteiger partial charge on any atom is -0.494 e. The van der Waals surface area contributed by atoms with Crippen molar-refractivity contribution < 1.29 is 14.3 Å². The van der Waals surface area contributed by atoms with E-state index in [0.717, 1.165) is 56.6 Å². The van der Waals surface area contributed by atoms with Crippen LogP contribution in [0.1, 0.15) is 65.7 Å². The molecule has 2 atom stereocenters. The summed E-state index contributed by atoms with van der Waals surface area (Å²) < 4.78 is 11.7. The molecule has 1 aromatic rings. The lowest BCUT2D eigenvalue weighted by Crippen LogP contribution is -2.48. The fourth-order valence-corrected chi connectivity index (χ4v) is 3.42. The van der Waals surface area contributed by atoms with Gasteiger partial charge in [0.15, 0.2) is 0 Å². The number of hydrogen-bond acceptors (Lipinski definition) is 3. The summed E-state index contributed by atoms with van der Waals surface area (Å²) in [6.07, 6.45) is 6.92. The fourth-order valence-electron chi connectivity index (χ4n) is 3.42. The van der Waals surface area contributed by atoms with E-state index in [2.05, 4.69) is 26.1 Å². The maximum atomic E-state index is 13.0. The molecule has 4 heteroatoms. The van der Waals surface area contributed by atoms with E-state index in [9.17, 15) is 4.79 Å². The molecule has 1 fully saturated rings. The van der Waals surface area contributed by atoms with Crippen molar-refractivity contribution in [2.45, 2.75) is 71.3 Å². The van der Waals surface area contributed by atoms with Gasteiger partial charge in [-0.1, -0.05) is 33.6 Å². The largest absolute Gasteiger partial charge is 0.494 e. The van der Waals surface area contributed by atoms with E-state index in [1.807, 2.05) is 24.3 Å². The molecule has 0 saturated heterocycles. The second-order valence-electron chi connectivity index (χ2n) is 7.22. The van der Waals surface area contributed by atoms with Crippen molar-refractivity contribution in [3.8, 4) is 5.75 Å². The quantitative estimate of drug-likeness (QED) is 0.626. The van der Waals surface area contributed by atoms with Crippen LogP contribution in [0.15, 0.2) is 24.3 Å². The molecule has 0 unspecified atom stereocenters. The molecule has 1 aromatic carbocycles. The number of rotatable bonds is 9. The number of hydrogen-bond donors (Lipinski definition) is 1. The first-order valence-electron chi connectivity index (χ1n) is 9.78. The van der Waals surface area contributed by atoms with Crippen molar-refractivity contribution in [3.63, 3.8) is 0 Å². The summed E-state index contributed by atoms with van der Waals surface area (Å²) >= 11 is 0. The lowest BCUT2D eigenvalue weighted by Gasteiger charge is -2.38. The van der Waals surface area contributed by atoms with Crippen molar-refractivity contribution >= 4 is 11.6 Å². The highest BCUT2D eigenvalue weighted by atomic mass is 16.5. The number of anilines is 1. The maximum absolute atomic E-state index is 13.0. The van der Waals surface area contributed by atoms with E-state index >= 15 is 0 Å². The van der Waals surface area contributed by atoms with Crippen LogP contribution in [0.25, 0.3) is 0 Å². The van der Waals surface area contributed by atoms with Gasteiger partial charge in [0, 0.05) is 12.3 Å². The highest BCUT2D eigenvalue weighted by Gasteiger charge is 2.42. The molecule has 4 nitrogen and oxygen atoms in total. The zero-order chi connectivity index (χ0) is 18.1. The van der Waals surface area contributed by atoms with E-state index in [-0.39, 0.29) is 5.91 Å². The molecule has 0 heterocycles. The minimum atomic E-state index is -0.677. The second kappa shape index (κ2) is 9.81. The summed E-state index contributed by atoms with van der Waals surface area (Å²) in [5.74, 6) is 1.35. The van der Waals surface area contributed by atoms with Crippen LogP contribution in [0, 0.1) is 5.92 Å². The lowest BCUT2D eigenvalue weighted by molar-refractivity contribution is -0.148. The standard InChI is InChI=1S/C21H33NO3/c1-4-6-15-24-19-11-9-18(10-12-19)22-20(23)21(25-14-5-2)13-7-8-17(3)16-21/h9-12,17H,4-8,13-16H2,1-3H3,(H,22,23)/t17-,21+/m0/s1. The van der Waals surface area contributed by atoms with Crippen LogP contribution in [-0.4, -0.2) is 24.7 Å². The van der Waals surface area contributed by atoms with Gasteiger partial charge in [0.05, 0.1) is 6.61 Å². The lowest BCUT2D eigenvalue weighted by atomic mass is 9.78. The zero-order valence-electron chi connectivity index (χ0n) is 16.0. The molecule has 2 rings (SSSR count). The van der Waals surface area contributed by atoms with Gasteiger partial charge in [-0.15, -0.1) is 0 Å². The van der Waals surface area contributed by atoms with Gasteiger partial charge >= 0.3 is 0 Å². The number of unbranched alkanes of at least 4 members (excludes halogenated alkanes) is 1. The van der Waals surface area contributed by atoms with Crippen LogP contribution in [0.4, 0.5) is 5.69 Å². The summed E-state index contributed by atoms with van der Waals surface area (Å²) in [6.45, 7) is 7.79. The average Bonchev–Trinajstić information content (AvgIpc) is 2.61. The first kappa shape index (κ1) is 19.8. The highest BCUT2D eigenvalue weighted by molar-refractivity contribution is 5.97. The Kier molecular flexibility index (Phi) is 7.76. The first-order chi connectivity index (χ1) is 12.1. The molecule has 0 spiro atoms. The van der Waals surface area contributed by atoms with Crippen LogP contribution in [-0.2, 0) is 9.53 Å². The van der Waals surface area contributed by atoms with Crippen molar-refractivity contribution in [3.05, 3.63) is 24.3 Å². The van der Waals surface area contributed by atoms with Gasteiger partial charge in [0.25, 0.3) is 5.91 Å². The SMILES string of the molecule is CCCCOc1ccc(NC(=O)[C@@]2(OCCC)CCC[C@H](C)C2)cc1. The van der Waals surface area contributed by atoms with Crippen LogP contribution in [0.5, 0.6) is 5.75 Å². The third-order valence-electron chi connectivity index (χ3n) is 4.83. The number of carbonyl (C=O) groups is 1. The summed E-state index contributed by atoms with van der Waals surface area (Å²) in [5.41, 5.74) is 0.120. The number of ether oxygens (including phenoxy) is 2. The average molecular weight is 347 g/mol. The Balaban J connectivity index is 1.99. The van der Waals surface area contributed by atoms with Crippen LogP contribution in [0.3, 0.4) is 0 Å². The Labute approximate surface area is 152 Å². The van der Waals surface area contributed by atoms with Crippen molar-refractivity contribution in [1.29, 1.82) is 0 Å². The summed E-state index contributed by atoms with van der Waals surface area (Å²) in [5, 5.41) is 3.06. The summed E-state index contributed by atoms with van der Waals surface area (Å²) in [6, 6.07) is 7.63. The predicted octanol–water partition coefficient (Wildman–Crippen LogP) is 5.18. The second-order valence-corrected chi connectivity index (χ2v) is 7.22. The molecule has 140 valence electrons. The van der Waals surface area contributed by atoms with E-state index in [1.54, 1.807) is 0 Å². The maximum Gasteiger partial charge on any atom is 0.256 e. The molecule has 0 aromatic heterocycles. The molecule has 1 N–H and O–H groups in total. The predicted molar refractivity (Wildman–Crippen MR) is 102 cm³/mol. The van der Waals surface area contributed by atoms with E-state index in [0.29, 0.717) is 12.5 Å². The van der Waals surface area contributed by atoms with Crippen molar-refractivity contribution in [1.82, 2.24) is 0 Å². The fraction of sp³-hybridized carbons (Fsp3) is 0.667. The molecule has 0 aliphatic heterocycles. The Morgan fingerprint density at radius 3 is 2.60 bits per heavy atom. The van der Waals surface area contributed by atoms with Gasteiger partial charge in [-0.25, -0.2) is 0 Å². The number of benzene rings is 1. The molecule has 0 radical (unpaired) electrons. The van der Waals surface area contributed by atoms with Gasteiger partial charge in [-0.3, -0.25) is 4.79 Å². The Morgan fingerprint density at radius 1 is 1.20 bits per heavy atom. The molecular formula is C21H33NO3. The normalized spacial score (nSPS) is 23.2. The monoisotopic (exact) mass is 347 g/mol. The third kappa shape index (κ3) is 5.74. The first-order valence-corrected chi connectivity index (χ1v) is 9.78. The smallest absolute Gasteiger partial charge is 0.256 e. The van der Waals surface area contributed by atoms with Gasteiger partial charge < -0.3 is 14.8 Å². The Hall–Kier alpha value is -1.55. The van der Waals surface area contributed by atoms with Gasteiger partial charge in [-0.05, 0) is 62.3 Å². The third-order valence-corrected chi connectivity index (χ3v) is 4.83. The van der Waals surface area contributed by atoms with E-state index in [1.165, 1.54) is 6.42 Å². The number of nitrogens with one attached hydrogen (secondary N) is 1. The van der Waals surface area contributed by atoms with Gasteiger partial charge in [0.2, 0.25) is 0 Å². The Morgan fingerprint density at radius 2 is 1.96 bits per heavy atom. The van der Waals surface area contributed by atoms with Crippen LogP contribution < -0.4 is 10.1 Å². The topological polar surface area (TPSA) is 47.6 Å². The van der Waals surface area contributed by atoms with Crippen LogP contribution in [0.2, 0.25) is 0 Å². The van der Waals surface area contributed by atoms with Gasteiger partial charge in [-0.2, -0.15) is 0 Å². The molecule has 25 heavy (non-hydrogen) atoms. The molecule has 1 amide bonds. The van der Waals surface area contributed by atoms with E-state index in [4.69, 9.17) is 9.47 Å². The Bertz CT molecular complexity index is 528.